The fourth-order valence-corrected chi connectivity index (χ4v) is 3.21. The maximum absolute atomic E-state index is 12.0. The highest BCUT2D eigenvalue weighted by molar-refractivity contribution is 9.11. The number of carbonyl (C=O) groups is 1. The predicted molar refractivity (Wildman–Crippen MR) is 83.1 cm³/mol. The number of carbonyl (C=O) groups excluding carboxylic acids is 1. The van der Waals surface area contributed by atoms with Gasteiger partial charge in [-0.3, -0.25) is 4.79 Å². The Morgan fingerprint density at radius 1 is 1.30 bits per heavy atom. The van der Waals surface area contributed by atoms with E-state index in [9.17, 15) is 4.79 Å². The molecule has 0 saturated carbocycles. The highest BCUT2D eigenvalue weighted by Crippen LogP contribution is 2.21. The number of amides is 1. The zero-order valence-electron chi connectivity index (χ0n) is 10.7. The highest BCUT2D eigenvalue weighted by atomic mass is 79.9. The molecule has 0 aliphatic heterocycles. The maximum Gasteiger partial charge on any atom is 0.237 e. The number of hydrogen-bond acceptors (Lipinski definition) is 3. The predicted octanol–water partition coefficient (Wildman–Crippen LogP) is 3.51. The fraction of sp³-hybridized carbons (Fsp3) is 0.200. The van der Waals surface area contributed by atoms with Gasteiger partial charge in [-0.1, -0.05) is 30.3 Å². The van der Waals surface area contributed by atoms with E-state index in [0.717, 1.165) is 14.2 Å². The van der Waals surface area contributed by atoms with E-state index in [-0.39, 0.29) is 5.91 Å². The van der Waals surface area contributed by atoms with Crippen LogP contribution in [0.2, 0.25) is 0 Å². The summed E-state index contributed by atoms with van der Waals surface area (Å²) in [5.41, 5.74) is 0.994. The van der Waals surface area contributed by atoms with Crippen molar-refractivity contribution in [2.45, 2.75) is 13.0 Å². The molecule has 0 aliphatic rings. The summed E-state index contributed by atoms with van der Waals surface area (Å²) in [6.07, 6.45) is 0.442. The second-order valence-corrected chi connectivity index (χ2v) is 6.84. The van der Waals surface area contributed by atoms with E-state index in [0.29, 0.717) is 13.0 Å². The Kier molecular flexibility index (Phi) is 5.33. The Morgan fingerprint density at radius 2 is 2.05 bits per heavy atom. The van der Waals surface area contributed by atoms with Gasteiger partial charge < -0.3 is 5.32 Å². The first-order valence-electron chi connectivity index (χ1n) is 6.14. The van der Waals surface area contributed by atoms with Crippen molar-refractivity contribution >= 4 is 33.2 Å². The van der Waals surface area contributed by atoms with Gasteiger partial charge in [0.25, 0.3) is 0 Å². The summed E-state index contributed by atoms with van der Waals surface area (Å²) in [6, 6.07) is 15.5. The zero-order valence-corrected chi connectivity index (χ0v) is 13.1. The van der Waals surface area contributed by atoms with Crippen molar-refractivity contribution in [2.24, 2.45) is 5.92 Å². The van der Waals surface area contributed by atoms with Crippen molar-refractivity contribution in [2.75, 3.05) is 0 Å². The first-order chi connectivity index (χ1) is 9.69. The quantitative estimate of drug-likeness (QED) is 0.898. The van der Waals surface area contributed by atoms with Gasteiger partial charge in [0.15, 0.2) is 0 Å². The molecule has 0 aliphatic carbocycles. The molecule has 5 heteroatoms. The molecule has 1 aromatic carbocycles. The van der Waals surface area contributed by atoms with Crippen LogP contribution in [0.5, 0.6) is 0 Å². The number of rotatable bonds is 5. The lowest BCUT2D eigenvalue weighted by Gasteiger charge is -2.09. The zero-order chi connectivity index (χ0) is 14.4. The van der Waals surface area contributed by atoms with Gasteiger partial charge in [0.1, 0.15) is 5.92 Å². The Bertz CT molecular complexity index is 618. The van der Waals surface area contributed by atoms with E-state index in [1.165, 1.54) is 0 Å². The molecule has 3 nitrogen and oxygen atoms in total. The van der Waals surface area contributed by atoms with E-state index in [1.807, 2.05) is 42.5 Å². The molecule has 102 valence electrons. The van der Waals surface area contributed by atoms with Gasteiger partial charge in [0.05, 0.1) is 16.4 Å². The average Bonchev–Trinajstić information content (AvgIpc) is 2.89. The number of halogens is 1. The highest BCUT2D eigenvalue weighted by Gasteiger charge is 2.18. The number of benzene rings is 1. The largest absolute Gasteiger partial charge is 0.350 e. The molecule has 0 spiro atoms. The van der Waals surface area contributed by atoms with Gasteiger partial charge in [-0.25, -0.2) is 0 Å². The molecule has 20 heavy (non-hydrogen) atoms. The SMILES string of the molecule is N#CC(Cc1ccccc1)C(=O)NCc1ccc(Br)s1. The van der Waals surface area contributed by atoms with E-state index in [2.05, 4.69) is 27.3 Å². The lowest BCUT2D eigenvalue weighted by molar-refractivity contribution is -0.123. The molecule has 2 rings (SSSR count). The molecule has 0 saturated heterocycles. The lowest BCUT2D eigenvalue weighted by atomic mass is 10.00. The third-order valence-electron chi connectivity index (χ3n) is 2.82. The molecule has 2 aromatic rings. The Morgan fingerprint density at radius 3 is 2.65 bits per heavy atom. The molecule has 1 aromatic heterocycles. The van der Waals surface area contributed by atoms with Crippen molar-refractivity contribution in [1.29, 1.82) is 5.26 Å². The van der Waals surface area contributed by atoms with Crippen LogP contribution in [0.4, 0.5) is 0 Å². The molecule has 0 bridgehead atoms. The van der Waals surface area contributed by atoms with Crippen LogP contribution in [0.3, 0.4) is 0 Å². The standard InChI is InChI=1S/C15H13BrN2OS/c16-14-7-6-13(20-14)10-18-15(19)12(9-17)8-11-4-2-1-3-5-11/h1-7,12H,8,10H2,(H,18,19). The van der Waals surface area contributed by atoms with Crippen molar-refractivity contribution in [3.05, 3.63) is 56.7 Å². The van der Waals surface area contributed by atoms with Crippen LogP contribution in [0.25, 0.3) is 0 Å². The Balaban J connectivity index is 1.91. The normalized spacial score (nSPS) is 11.6. The molecule has 1 atom stereocenters. The summed E-state index contributed by atoms with van der Waals surface area (Å²) >= 11 is 4.95. The van der Waals surface area contributed by atoms with Gasteiger partial charge >= 0.3 is 0 Å². The van der Waals surface area contributed by atoms with Crippen molar-refractivity contribution in [1.82, 2.24) is 5.32 Å². The van der Waals surface area contributed by atoms with Crippen LogP contribution in [-0.2, 0) is 17.8 Å². The van der Waals surface area contributed by atoms with Gasteiger partial charge in [-0.2, -0.15) is 5.26 Å². The summed E-state index contributed by atoms with van der Waals surface area (Å²) in [6.45, 7) is 0.460. The topological polar surface area (TPSA) is 52.9 Å². The fourth-order valence-electron chi connectivity index (χ4n) is 1.79. The minimum absolute atomic E-state index is 0.221. The molecular formula is C15H13BrN2OS. The second-order valence-electron chi connectivity index (χ2n) is 4.30. The number of thiophene rings is 1. The molecule has 0 fully saturated rings. The van der Waals surface area contributed by atoms with Gasteiger partial charge in [-0.05, 0) is 40.0 Å². The van der Waals surface area contributed by atoms with Gasteiger partial charge in [0.2, 0.25) is 5.91 Å². The van der Waals surface area contributed by atoms with Crippen LogP contribution in [-0.4, -0.2) is 5.91 Å². The summed E-state index contributed by atoms with van der Waals surface area (Å²) < 4.78 is 1.03. The van der Waals surface area contributed by atoms with Crippen molar-refractivity contribution in [3.8, 4) is 6.07 Å². The first-order valence-corrected chi connectivity index (χ1v) is 7.75. The summed E-state index contributed by atoms with van der Waals surface area (Å²) in [5, 5.41) is 12.0. The van der Waals surface area contributed by atoms with Crippen molar-refractivity contribution in [3.63, 3.8) is 0 Å². The summed E-state index contributed by atoms with van der Waals surface area (Å²) in [7, 11) is 0. The smallest absolute Gasteiger partial charge is 0.237 e. The van der Waals surface area contributed by atoms with E-state index in [4.69, 9.17) is 5.26 Å². The van der Waals surface area contributed by atoms with E-state index >= 15 is 0 Å². The molecular weight excluding hydrogens is 336 g/mol. The van der Waals surface area contributed by atoms with Crippen LogP contribution >= 0.6 is 27.3 Å². The summed E-state index contributed by atoms with van der Waals surface area (Å²) in [4.78, 5) is 13.1. The third-order valence-corrected chi connectivity index (χ3v) is 4.44. The van der Waals surface area contributed by atoms with Gasteiger partial charge in [-0.15, -0.1) is 11.3 Å². The van der Waals surface area contributed by atoms with Crippen LogP contribution in [0.1, 0.15) is 10.4 Å². The number of hydrogen-bond donors (Lipinski definition) is 1. The Labute approximate surface area is 130 Å². The van der Waals surface area contributed by atoms with Crippen molar-refractivity contribution < 1.29 is 4.79 Å². The number of nitrogens with one attached hydrogen (secondary N) is 1. The maximum atomic E-state index is 12.0. The van der Waals surface area contributed by atoms with Gasteiger partial charge in [0, 0.05) is 4.88 Å². The molecule has 1 N–H and O–H groups in total. The summed E-state index contributed by atoms with van der Waals surface area (Å²) in [5.74, 6) is -0.873. The van der Waals surface area contributed by atoms with Crippen LogP contribution in [0, 0.1) is 17.2 Å². The monoisotopic (exact) mass is 348 g/mol. The Hall–Kier alpha value is -1.64. The number of nitriles is 1. The number of nitrogens with zero attached hydrogens (tertiary/aromatic N) is 1. The average molecular weight is 349 g/mol. The second kappa shape index (κ2) is 7.22. The molecule has 1 amide bonds. The molecule has 1 unspecified atom stereocenters. The van der Waals surface area contributed by atoms with Crippen LogP contribution < -0.4 is 5.32 Å². The molecule has 1 heterocycles. The lowest BCUT2D eigenvalue weighted by Crippen LogP contribution is -2.30. The van der Waals surface area contributed by atoms with Crippen LogP contribution in [0.15, 0.2) is 46.3 Å². The van der Waals surface area contributed by atoms with E-state index < -0.39 is 5.92 Å². The third kappa shape index (κ3) is 4.19. The minimum Gasteiger partial charge on any atom is -0.350 e. The first kappa shape index (κ1) is 14.8. The van der Waals surface area contributed by atoms with E-state index in [1.54, 1.807) is 11.3 Å². The molecule has 0 radical (unpaired) electrons. The minimum atomic E-state index is -0.652.